The number of hydrogen-bond donors (Lipinski definition) is 0. The lowest BCUT2D eigenvalue weighted by Gasteiger charge is -2.25. The number of aryl methyl sites for hydroxylation is 1. The summed E-state index contributed by atoms with van der Waals surface area (Å²) in [5.41, 5.74) is 2.21. The molecule has 0 fully saturated rings. The number of pyridine rings is 1. The van der Waals surface area contributed by atoms with Gasteiger partial charge < -0.3 is 33.2 Å². The van der Waals surface area contributed by atoms with Gasteiger partial charge in [0.1, 0.15) is 6.10 Å². The Bertz CT molecular complexity index is 593. The SMILES string of the molecule is Cc1cc(OC(C)CC[N+](C)(C)C)nc2ccccc12.[I-]. The van der Waals surface area contributed by atoms with Gasteiger partial charge in [-0.05, 0) is 25.5 Å². The number of hydrogen-bond acceptors (Lipinski definition) is 2. The molecule has 0 aliphatic rings. The van der Waals surface area contributed by atoms with Crippen molar-refractivity contribution in [2.75, 3.05) is 27.7 Å². The fourth-order valence-corrected chi connectivity index (χ4v) is 2.21. The molecule has 0 N–H and O–H groups in total. The summed E-state index contributed by atoms with van der Waals surface area (Å²) < 4.78 is 6.93. The number of para-hydroxylation sites is 1. The van der Waals surface area contributed by atoms with Crippen molar-refractivity contribution in [1.82, 2.24) is 4.98 Å². The maximum atomic E-state index is 5.98. The highest BCUT2D eigenvalue weighted by Crippen LogP contribution is 2.22. The van der Waals surface area contributed by atoms with Gasteiger partial charge in [0.15, 0.2) is 0 Å². The molecular weight excluding hydrogens is 375 g/mol. The number of fused-ring (bicyclic) bond motifs is 1. The number of benzene rings is 1. The minimum atomic E-state index is 0. The van der Waals surface area contributed by atoms with Crippen LogP contribution in [0.25, 0.3) is 10.9 Å². The van der Waals surface area contributed by atoms with Gasteiger partial charge in [-0.2, -0.15) is 0 Å². The van der Waals surface area contributed by atoms with Crippen LogP contribution in [-0.2, 0) is 0 Å². The van der Waals surface area contributed by atoms with Crippen LogP contribution in [0.1, 0.15) is 18.9 Å². The molecule has 1 aromatic carbocycles. The Morgan fingerprint density at radius 1 is 1.19 bits per heavy atom. The standard InChI is InChI=1S/C17H25N2O.HI/c1-13-12-17(18-16-9-7-6-8-15(13)16)20-14(2)10-11-19(3,4)5;/h6-9,12,14H,10-11H2,1-5H3;1H/q+1;/p-1. The lowest BCUT2D eigenvalue weighted by Crippen LogP contribution is -3.00. The second-order valence-corrected chi connectivity index (χ2v) is 6.53. The normalized spacial score (nSPS) is 12.8. The number of halogens is 1. The van der Waals surface area contributed by atoms with E-state index in [1.54, 1.807) is 0 Å². The summed E-state index contributed by atoms with van der Waals surface area (Å²) in [6.45, 7) is 5.31. The summed E-state index contributed by atoms with van der Waals surface area (Å²) in [6, 6.07) is 10.2. The maximum absolute atomic E-state index is 5.98. The first-order valence-corrected chi connectivity index (χ1v) is 7.19. The number of ether oxygens (including phenoxy) is 1. The van der Waals surface area contributed by atoms with Crippen LogP contribution in [0.5, 0.6) is 5.88 Å². The molecule has 21 heavy (non-hydrogen) atoms. The minimum Gasteiger partial charge on any atom is -1.00 e. The van der Waals surface area contributed by atoms with Crippen molar-refractivity contribution in [3.8, 4) is 5.88 Å². The van der Waals surface area contributed by atoms with Crippen molar-refractivity contribution in [3.63, 3.8) is 0 Å². The largest absolute Gasteiger partial charge is 1.00 e. The average molecular weight is 400 g/mol. The summed E-state index contributed by atoms with van der Waals surface area (Å²) >= 11 is 0. The number of rotatable bonds is 5. The first-order chi connectivity index (χ1) is 9.35. The topological polar surface area (TPSA) is 22.1 Å². The Morgan fingerprint density at radius 3 is 2.52 bits per heavy atom. The molecule has 0 aliphatic carbocycles. The third-order valence-electron chi connectivity index (χ3n) is 3.43. The third kappa shape index (κ3) is 5.43. The molecule has 4 heteroatoms. The molecule has 1 atom stereocenters. The van der Waals surface area contributed by atoms with Gasteiger partial charge in [-0.15, -0.1) is 0 Å². The number of aromatic nitrogens is 1. The zero-order valence-electron chi connectivity index (χ0n) is 13.6. The molecule has 0 saturated heterocycles. The molecule has 0 radical (unpaired) electrons. The summed E-state index contributed by atoms with van der Waals surface area (Å²) in [7, 11) is 6.60. The Morgan fingerprint density at radius 2 is 1.86 bits per heavy atom. The van der Waals surface area contributed by atoms with Gasteiger partial charge in [-0.25, -0.2) is 4.98 Å². The minimum absolute atomic E-state index is 0. The molecular formula is C17H25IN2O. The molecule has 0 saturated carbocycles. The fourth-order valence-electron chi connectivity index (χ4n) is 2.21. The molecule has 0 amide bonds. The van der Waals surface area contributed by atoms with Crippen LogP contribution in [0.3, 0.4) is 0 Å². The average Bonchev–Trinajstić information content (AvgIpc) is 2.36. The quantitative estimate of drug-likeness (QED) is 0.536. The van der Waals surface area contributed by atoms with Crippen molar-refractivity contribution in [2.45, 2.75) is 26.4 Å². The second kappa shape index (κ2) is 7.40. The Balaban J connectivity index is 0.00000220. The van der Waals surface area contributed by atoms with Gasteiger partial charge in [0.25, 0.3) is 0 Å². The van der Waals surface area contributed by atoms with E-state index >= 15 is 0 Å². The monoisotopic (exact) mass is 400 g/mol. The predicted octanol–water partition coefficient (Wildman–Crippen LogP) is 0.411. The van der Waals surface area contributed by atoms with Gasteiger partial charge >= 0.3 is 0 Å². The Kier molecular flexibility index (Phi) is 6.41. The molecule has 0 aliphatic heterocycles. The van der Waals surface area contributed by atoms with Gasteiger partial charge in [-0.3, -0.25) is 0 Å². The maximum Gasteiger partial charge on any atom is 0.214 e. The summed E-state index contributed by atoms with van der Waals surface area (Å²) in [4.78, 5) is 4.59. The van der Waals surface area contributed by atoms with Crippen molar-refractivity contribution in [2.24, 2.45) is 0 Å². The Labute approximate surface area is 144 Å². The van der Waals surface area contributed by atoms with Crippen molar-refractivity contribution in [3.05, 3.63) is 35.9 Å². The molecule has 116 valence electrons. The van der Waals surface area contributed by atoms with Crippen LogP contribution in [0, 0.1) is 6.92 Å². The first kappa shape index (κ1) is 18.2. The van der Waals surface area contributed by atoms with Gasteiger partial charge in [-0.1, -0.05) is 18.2 Å². The van der Waals surface area contributed by atoms with E-state index in [2.05, 4.69) is 46.0 Å². The van der Waals surface area contributed by atoms with Crippen LogP contribution in [-0.4, -0.2) is 43.3 Å². The van der Waals surface area contributed by atoms with E-state index < -0.39 is 0 Å². The Hall–Kier alpha value is -0.880. The van der Waals surface area contributed by atoms with Crippen LogP contribution < -0.4 is 28.7 Å². The lowest BCUT2D eigenvalue weighted by molar-refractivity contribution is -0.870. The van der Waals surface area contributed by atoms with Crippen molar-refractivity contribution >= 4 is 10.9 Å². The van der Waals surface area contributed by atoms with Crippen LogP contribution >= 0.6 is 0 Å². The zero-order chi connectivity index (χ0) is 14.8. The van der Waals surface area contributed by atoms with E-state index in [1.165, 1.54) is 10.9 Å². The highest BCUT2D eigenvalue weighted by atomic mass is 127. The van der Waals surface area contributed by atoms with Crippen LogP contribution in [0.4, 0.5) is 0 Å². The highest BCUT2D eigenvalue weighted by molar-refractivity contribution is 5.82. The fraction of sp³-hybridized carbons (Fsp3) is 0.471. The highest BCUT2D eigenvalue weighted by Gasteiger charge is 2.13. The predicted molar refractivity (Wildman–Crippen MR) is 84.1 cm³/mol. The molecule has 1 aromatic heterocycles. The van der Waals surface area contributed by atoms with E-state index in [1.807, 2.05) is 24.3 Å². The summed E-state index contributed by atoms with van der Waals surface area (Å²) in [5.74, 6) is 0.732. The molecule has 0 spiro atoms. The molecule has 0 bridgehead atoms. The molecule has 1 unspecified atom stereocenters. The van der Waals surface area contributed by atoms with E-state index in [9.17, 15) is 0 Å². The second-order valence-electron chi connectivity index (χ2n) is 6.53. The summed E-state index contributed by atoms with van der Waals surface area (Å²) in [5, 5.41) is 1.19. The number of quaternary nitrogens is 1. The molecule has 3 nitrogen and oxygen atoms in total. The first-order valence-electron chi connectivity index (χ1n) is 7.19. The van der Waals surface area contributed by atoms with Gasteiger partial charge in [0.2, 0.25) is 5.88 Å². The number of nitrogens with zero attached hydrogens (tertiary/aromatic N) is 2. The zero-order valence-corrected chi connectivity index (χ0v) is 15.7. The van der Waals surface area contributed by atoms with Crippen molar-refractivity contribution in [1.29, 1.82) is 0 Å². The lowest BCUT2D eigenvalue weighted by atomic mass is 10.1. The smallest absolute Gasteiger partial charge is 0.214 e. The molecule has 2 aromatic rings. The van der Waals surface area contributed by atoms with Gasteiger partial charge in [0.05, 0.1) is 33.2 Å². The van der Waals surface area contributed by atoms with E-state index in [0.29, 0.717) is 0 Å². The molecule has 1 heterocycles. The van der Waals surface area contributed by atoms with Crippen LogP contribution in [0.2, 0.25) is 0 Å². The van der Waals surface area contributed by atoms with E-state index in [0.717, 1.165) is 28.8 Å². The van der Waals surface area contributed by atoms with Crippen molar-refractivity contribution < 1.29 is 33.2 Å². The third-order valence-corrected chi connectivity index (χ3v) is 3.43. The van der Waals surface area contributed by atoms with E-state index in [4.69, 9.17) is 4.74 Å². The van der Waals surface area contributed by atoms with Gasteiger partial charge in [0, 0.05) is 17.9 Å². The summed E-state index contributed by atoms with van der Waals surface area (Å²) in [6.07, 6.45) is 1.21. The molecule has 2 rings (SSSR count). The van der Waals surface area contributed by atoms with E-state index in [-0.39, 0.29) is 30.1 Å². The van der Waals surface area contributed by atoms with Crippen LogP contribution in [0.15, 0.2) is 30.3 Å².